The number of benzene rings is 2. The fourth-order valence-corrected chi connectivity index (χ4v) is 2.00. The zero-order valence-electron chi connectivity index (χ0n) is 12.1. The molecule has 0 radical (unpaired) electrons. The van der Waals surface area contributed by atoms with Gasteiger partial charge in [-0.1, -0.05) is 35.9 Å². The summed E-state index contributed by atoms with van der Waals surface area (Å²) in [6.07, 6.45) is 0.799. The van der Waals surface area contributed by atoms with Gasteiger partial charge in [0.2, 0.25) is 0 Å². The molecule has 2 rings (SSSR count). The lowest BCUT2D eigenvalue weighted by Gasteiger charge is -2.13. The van der Waals surface area contributed by atoms with Gasteiger partial charge in [-0.2, -0.15) is 0 Å². The fourth-order valence-electron chi connectivity index (χ4n) is 2.00. The largest absolute Gasteiger partial charge is 0.497 e. The molecule has 3 heteroatoms. The van der Waals surface area contributed by atoms with Gasteiger partial charge in [-0.3, -0.25) is 0 Å². The van der Waals surface area contributed by atoms with Crippen molar-refractivity contribution in [2.75, 3.05) is 13.7 Å². The molecule has 0 amide bonds. The lowest BCUT2D eigenvalue weighted by molar-refractivity contribution is 0.300. The van der Waals surface area contributed by atoms with Crippen LogP contribution in [0.4, 0.5) is 0 Å². The molecule has 0 aromatic heterocycles. The van der Waals surface area contributed by atoms with Gasteiger partial charge in [0.05, 0.1) is 7.11 Å². The van der Waals surface area contributed by atoms with E-state index >= 15 is 0 Å². The smallest absolute Gasteiger partial charge is 0.126 e. The third kappa shape index (κ3) is 3.75. The van der Waals surface area contributed by atoms with E-state index in [4.69, 9.17) is 15.2 Å². The van der Waals surface area contributed by atoms with E-state index in [-0.39, 0.29) is 0 Å². The Bertz CT molecular complexity index is 549. The highest BCUT2D eigenvalue weighted by Gasteiger charge is 2.06. The van der Waals surface area contributed by atoms with E-state index in [0.717, 1.165) is 29.0 Å². The Balaban J connectivity index is 2.12. The van der Waals surface area contributed by atoms with Gasteiger partial charge in [0, 0.05) is 6.07 Å². The van der Waals surface area contributed by atoms with Crippen LogP contribution in [0.25, 0.3) is 0 Å². The zero-order chi connectivity index (χ0) is 14.4. The first-order valence-corrected chi connectivity index (χ1v) is 6.78. The molecule has 0 heterocycles. The average Bonchev–Trinajstić information content (AvgIpc) is 2.48. The van der Waals surface area contributed by atoms with Crippen molar-refractivity contribution in [3.63, 3.8) is 0 Å². The van der Waals surface area contributed by atoms with Crippen LogP contribution in [-0.4, -0.2) is 13.7 Å². The summed E-state index contributed by atoms with van der Waals surface area (Å²) >= 11 is 0. The third-order valence-corrected chi connectivity index (χ3v) is 3.20. The molecule has 0 unspecified atom stereocenters. The van der Waals surface area contributed by atoms with Crippen LogP contribution in [0.5, 0.6) is 11.5 Å². The SMILES string of the molecule is COc1ccc(CCN)c(OCc2ccc(C)cc2)c1. The van der Waals surface area contributed by atoms with E-state index in [9.17, 15) is 0 Å². The fraction of sp³-hybridized carbons (Fsp3) is 0.294. The number of nitrogens with two attached hydrogens (primary N) is 1. The predicted octanol–water partition coefficient (Wildman–Crippen LogP) is 3.08. The summed E-state index contributed by atoms with van der Waals surface area (Å²) in [6.45, 7) is 3.23. The van der Waals surface area contributed by atoms with E-state index in [1.807, 2.05) is 18.2 Å². The van der Waals surface area contributed by atoms with Crippen molar-refractivity contribution in [1.29, 1.82) is 0 Å². The third-order valence-electron chi connectivity index (χ3n) is 3.20. The van der Waals surface area contributed by atoms with Crippen molar-refractivity contribution in [2.45, 2.75) is 20.0 Å². The number of hydrogen-bond donors (Lipinski definition) is 1. The molecule has 2 aromatic carbocycles. The quantitative estimate of drug-likeness (QED) is 0.878. The molecular formula is C17H21NO2. The summed E-state index contributed by atoms with van der Waals surface area (Å²) < 4.78 is 11.2. The van der Waals surface area contributed by atoms with Crippen LogP contribution < -0.4 is 15.2 Å². The van der Waals surface area contributed by atoms with Gasteiger partial charge in [-0.25, -0.2) is 0 Å². The van der Waals surface area contributed by atoms with Gasteiger partial charge >= 0.3 is 0 Å². The van der Waals surface area contributed by atoms with E-state index in [1.54, 1.807) is 7.11 Å². The van der Waals surface area contributed by atoms with E-state index < -0.39 is 0 Å². The van der Waals surface area contributed by atoms with Gasteiger partial charge < -0.3 is 15.2 Å². The molecule has 20 heavy (non-hydrogen) atoms. The lowest BCUT2D eigenvalue weighted by atomic mass is 10.1. The highest BCUT2D eigenvalue weighted by molar-refractivity contribution is 5.41. The highest BCUT2D eigenvalue weighted by atomic mass is 16.5. The van der Waals surface area contributed by atoms with E-state index in [0.29, 0.717) is 13.2 Å². The van der Waals surface area contributed by atoms with Crippen LogP contribution in [0.2, 0.25) is 0 Å². The molecule has 2 aromatic rings. The van der Waals surface area contributed by atoms with Gasteiger partial charge in [0.25, 0.3) is 0 Å². The summed E-state index contributed by atoms with van der Waals surface area (Å²) in [5, 5.41) is 0. The molecule has 0 aliphatic heterocycles. The van der Waals surface area contributed by atoms with Crippen molar-refractivity contribution < 1.29 is 9.47 Å². The van der Waals surface area contributed by atoms with Crippen LogP contribution in [0, 0.1) is 6.92 Å². The van der Waals surface area contributed by atoms with Crippen molar-refractivity contribution in [3.8, 4) is 11.5 Å². The summed E-state index contributed by atoms with van der Waals surface area (Å²) in [6, 6.07) is 14.2. The van der Waals surface area contributed by atoms with Crippen LogP contribution in [0.15, 0.2) is 42.5 Å². The molecule has 0 aliphatic rings. The Labute approximate surface area is 120 Å². The molecule has 0 bridgehead atoms. The molecule has 106 valence electrons. The average molecular weight is 271 g/mol. The maximum Gasteiger partial charge on any atom is 0.126 e. The van der Waals surface area contributed by atoms with Crippen molar-refractivity contribution in [3.05, 3.63) is 59.2 Å². The van der Waals surface area contributed by atoms with Crippen LogP contribution in [0.1, 0.15) is 16.7 Å². The number of methoxy groups -OCH3 is 1. The minimum atomic E-state index is 0.547. The molecule has 3 nitrogen and oxygen atoms in total. The highest BCUT2D eigenvalue weighted by Crippen LogP contribution is 2.26. The molecule has 0 spiro atoms. The standard InChI is InChI=1S/C17H21NO2/c1-13-3-5-14(6-4-13)12-20-17-11-16(19-2)8-7-15(17)9-10-18/h3-8,11H,9-10,12,18H2,1-2H3. The second-order valence-electron chi connectivity index (χ2n) is 4.79. The summed E-state index contributed by atoms with van der Waals surface area (Å²) in [5.74, 6) is 1.64. The maximum absolute atomic E-state index is 5.92. The molecule has 2 N–H and O–H groups in total. The Morgan fingerprint density at radius 3 is 2.45 bits per heavy atom. The molecule has 0 saturated carbocycles. The molecule has 0 fully saturated rings. The first-order valence-electron chi connectivity index (χ1n) is 6.78. The minimum absolute atomic E-state index is 0.547. The molecule has 0 aliphatic carbocycles. The topological polar surface area (TPSA) is 44.5 Å². The second-order valence-corrected chi connectivity index (χ2v) is 4.79. The normalized spacial score (nSPS) is 10.3. The van der Waals surface area contributed by atoms with Gasteiger partial charge in [0.15, 0.2) is 0 Å². The van der Waals surface area contributed by atoms with E-state index in [1.165, 1.54) is 5.56 Å². The van der Waals surface area contributed by atoms with Gasteiger partial charge in [0.1, 0.15) is 18.1 Å². The Morgan fingerprint density at radius 1 is 1.05 bits per heavy atom. The summed E-state index contributed by atoms with van der Waals surface area (Å²) in [7, 11) is 1.65. The van der Waals surface area contributed by atoms with Crippen LogP contribution >= 0.6 is 0 Å². The van der Waals surface area contributed by atoms with Crippen LogP contribution in [0.3, 0.4) is 0 Å². The first kappa shape index (κ1) is 14.4. The number of hydrogen-bond acceptors (Lipinski definition) is 3. The van der Waals surface area contributed by atoms with Crippen LogP contribution in [-0.2, 0) is 13.0 Å². The summed E-state index contributed by atoms with van der Waals surface area (Å²) in [4.78, 5) is 0. The number of aryl methyl sites for hydroxylation is 1. The predicted molar refractivity (Wildman–Crippen MR) is 81.3 cm³/mol. The number of ether oxygens (including phenoxy) is 2. The van der Waals surface area contributed by atoms with Crippen molar-refractivity contribution in [1.82, 2.24) is 0 Å². The van der Waals surface area contributed by atoms with Gasteiger partial charge in [-0.15, -0.1) is 0 Å². The molecule has 0 atom stereocenters. The first-order chi connectivity index (χ1) is 9.72. The van der Waals surface area contributed by atoms with E-state index in [2.05, 4.69) is 31.2 Å². The minimum Gasteiger partial charge on any atom is -0.497 e. The maximum atomic E-state index is 5.92. The second kappa shape index (κ2) is 6.96. The van der Waals surface area contributed by atoms with Gasteiger partial charge in [-0.05, 0) is 37.1 Å². The monoisotopic (exact) mass is 271 g/mol. The lowest BCUT2D eigenvalue weighted by Crippen LogP contribution is -2.05. The number of rotatable bonds is 6. The Kier molecular flexibility index (Phi) is 5.02. The molecular weight excluding hydrogens is 250 g/mol. The Morgan fingerprint density at radius 2 is 1.80 bits per heavy atom. The summed E-state index contributed by atoms with van der Waals surface area (Å²) in [5.41, 5.74) is 9.15. The van der Waals surface area contributed by atoms with Crippen molar-refractivity contribution >= 4 is 0 Å². The zero-order valence-corrected chi connectivity index (χ0v) is 12.1. The van der Waals surface area contributed by atoms with Crippen molar-refractivity contribution in [2.24, 2.45) is 5.73 Å². The Hall–Kier alpha value is -2.00. The molecule has 0 saturated heterocycles.